The van der Waals surface area contributed by atoms with Crippen molar-refractivity contribution in [2.24, 2.45) is 0 Å². The molecule has 0 atom stereocenters. The highest BCUT2D eigenvalue weighted by molar-refractivity contribution is 5.99. The average Bonchev–Trinajstić information content (AvgIpc) is 2.44. The minimum atomic E-state index is -1.23. The molecule has 1 aliphatic heterocycles. The highest BCUT2D eigenvalue weighted by Crippen LogP contribution is 2.21. The summed E-state index contributed by atoms with van der Waals surface area (Å²) in [6, 6.07) is 7.11. The molecule has 0 spiro atoms. The number of fused-ring (bicyclic) bond motifs is 1. The van der Waals surface area contributed by atoms with Crippen LogP contribution in [0.5, 0.6) is 0 Å². The summed E-state index contributed by atoms with van der Waals surface area (Å²) in [5.41, 5.74) is 1.47. The fraction of sp³-hybridized carbons (Fsp3) is 0.200. The zero-order chi connectivity index (χ0) is 10.1. The molecule has 1 aliphatic rings. The van der Waals surface area contributed by atoms with E-state index in [-0.39, 0.29) is 12.5 Å². The fourth-order valence-corrected chi connectivity index (χ4v) is 1.60. The van der Waals surface area contributed by atoms with Gasteiger partial charge in [-0.1, -0.05) is 18.2 Å². The van der Waals surface area contributed by atoms with Gasteiger partial charge < -0.3 is 14.8 Å². The van der Waals surface area contributed by atoms with Crippen molar-refractivity contribution in [1.82, 2.24) is 4.90 Å². The smallest absolute Gasteiger partial charge is 0.254 e. The lowest BCUT2D eigenvalue weighted by Gasteiger charge is -2.15. The van der Waals surface area contributed by atoms with Crippen molar-refractivity contribution in [3.63, 3.8) is 0 Å². The molecule has 1 heterocycles. The molecule has 1 amide bonds. The summed E-state index contributed by atoms with van der Waals surface area (Å²) in [5.74, 6) is -1.46. The van der Waals surface area contributed by atoms with Gasteiger partial charge in [0.05, 0.1) is 12.5 Å². The summed E-state index contributed by atoms with van der Waals surface area (Å²) < 4.78 is 0. The van der Waals surface area contributed by atoms with E-state index in [1.807, 2.05) is 12.1 Å². The van der Waals surface area contributed by atoms with Crippen LogP contribution in [0.25, 0.3) is 0 Å². The number of nitrogens with zero attached hydrogens (tertiary/aromatic N) is 1. The summed E-state index contributed by atoms with van der Waals surface area (Å²) in [4.78, 5) is 23.2. The molecule has 1 aromatic carbocycles. The molecule has 0 radical (unpaired) electrons. The van der Waals surface area contributed by atoms with Crippen LogP contribution in [0.2, 0.25) is 0 Å². The van der Waals surface area contributed by atoms with Crippen LogP contribution in [-0.2, 0) is 11.3 Å². The van der Waals surface area contributed by atoms with Crippen molar-refractivity contribution in [2.45, 2.75) is 6.54 Å². The minimum absolute atomic E-state index is 0.232. The Kier molecular flexibility index (Phi) is 1.96. The van der Waals surface area contributed by atoms with Crippen molar-refractivity contribution in [3.8, 4) is 0 Å². The molecule has 0 unspecified atom stereocenters. The van der Waals surface area contributed by atoms with E-state index >= 15 is 0 Å². The van der Waals surface area contributed by atoms with Gasteiger partial charge in [-0.25, -0.2) is 0 Å². The first kappa shape index (κ1) is 8.74. The van der Waals surface area contributed by atoms with Crippen molar-refractivity contribution in [3.05, 3.63) is 35.4 Å². The number of rotatable bonds is 2. The zero-order valence-electron chi connectivity index (χ0n) is 7.40. The second kappa shape index (κ2) is 3.14. The molecule has 0 N–H and O–H groups in total. The van der Waals surface area contributed by atoms with Gasteiger partial charge in [0.15, 0.2) is 0 Å². The van der Waals surface area contributed by atoms with Crippen LogP contribution in [0.3, 0.4) is 0 Å². The Morgan fingerprint density at radius 3 is 2.79 bits per heavy atom. The summed E-state index contributed by atoms with van der Waals surface area (Å²) >= 11 is 0. The maximum atomic E-state index is 11.6. The van der Waals surface area contributed by atoms with Gasteiger partial charge in [-0.2, -0.15) is 0 Å². The SMILES string of the molecule is O=C([O-])CN1Cc2ccccc2C1=O. The van der Waals surface area contributed by atoms with Gasteiger partial charge in [-0.15, -0.1) is 0 Å². The topological polar surface area (TPSA) is 60.4 Å². The van der Waals surface area contributed by atoms with E-state index < -0.39 is 5.97 Å². The van der Waals surface area contributed by atoms with E-state index in [1.165, 1.54) is 4.90 Å². The third-order valence-electron chi connectivity index (χ3n) is 2.22. The van der Waals surface area contributed by atoms with E-state index in [1.54, 1.807) is 12.1 Å². The summed E-state index contributed by atoms with van der Waals surface area (Å²) in [6.07, 6.45) is 0. The van der Waals surface area contributed by atoms with Crippen LogP contribution in [0.4, 0.5) is 0 Å². The lowest BCUT2D eigenvalue weighted by atomic mass is 10.1. The molecule has 4 nitrogen and oxygen atoms in total. The van der Waals surface area contributed by atoms with Gasteiger partial charge >= 0.3 is 0 Å². The highest BCUT2D eigenvalue weighted by Gasteiger charge is 2.26. The quantitative estimate of drug-likeness (QED) is 0.625. The maximum Gasteiger partial charge on any atom is 0.254 e. The number of benzene rings is 1. The first-order chi connectivity index (χ1) is 6.68. The van der Waals surface area contributed by atoms with Gasteiger partial charge in [0, 0.05) is 12.1 Å². The summed E-state index contributed by atoms with van der Waals surface area (Å²) in [5, 5.41) is 10.3. The molecule has 2 rings (SSSR count). The number of carbonyl (C=O) groups excluding carboxylic acids is 2. The fourth-order valence-electron chi connectivity index (χ4n) is 1.60. The molecule has 72 valence electrons. The van der Waals surface area contributed by atoms with E-state index in [4.69, 9.17) is 0 Å². The number of carboxylic acids is 1. The van der Waals surface area contributed by atoms with Crippen LogP contribution in [0.1, 0.15) is 15.9 Å². The first-order valence-corrected chi connectivity index (χ1v) is 4.25. The summed E-state index contributed by atoms with van der Waals surface area (Å²) in [6.45, 7) is 0.0243. The predicted octanol–water partition coefficient (Wildman–Crippen LogP) is -0.608. The minimum Gasteiger partial charge on any atom is -0.548 e. The lowest BCUT2D eigenvalue weighted by molar-refractivity contribution is -0.305. The Bertz CT molecular complexity index is 400. The Balaban J connectivity index is 2.26. The molecule has 0 fully saturated rings. The van der Waals surface area contributed by atoms with Crippen LogP contribution in [0, 0.1) is 0 Å². The van der Waals surface area contributed by atoms with Crippen molar-refractivity contribution in [1.29, 1.82) is 0 Å². The second-order valence-electron chi connectivity index (χ2n) is 3.19. The van der Waals surface area contributed by atoms with Crippen LogP contribution >= 0.6 is 0 Å². The van der Waals surface area contributed by atoms with Crippen molar-refractivity contribution in [2.75, 3.05) is 6.54 Å². The predicted molar refractivity (Wildman–Crippen MR) is 46.2 cm³/mol. The standard InChI is InChI=1S/C10H9NO3/c12-9(13)6-11-5-7-3-1-2-4-8(7)10(11)14/h1-4H,5-6H2,(H,12,13)/p-1. The molecule has 0 aromatic heterocycles. The molecule has 0 saturated heterocycles. The Morgan fingerprint density at radius 1 is 1.43 bits per heavy atom. The third kappa shape index (κ3) is 1.35. The zero-order valence-corrected chi connectivity index (χ0v) is 7.40. The Morgan fingerprint density at radius 2 is 2.14 bits per heavy atom. The van der Waals surface area contributed by atoms with Gasteiger partial charge in [0.25, 0.3) is 5.91 Å². The van der Waals surface area contributed by atoms with Crippen molar-refractivity contribution >= 4 is 11.9 Å². The molecule has 1 aromatic rings. The maximum absolute atomic E-state index is 11.6. The number of carbonyl (C=O) groups is 2. The molecular weight excluding hydrogens is 182 g/mol. The van der Waals surface area contributed by atoms with E-state index in [0.717, 1.165) is 5.56 Å². The average molecular weight is 190 g/mol. The van der Waals surface area contributed by atoms with E-state index in [0.29, 0.717) is 12.1 Å². The monoisotopic (exact) mass is 190 g/mol. The molecule has 0 bridgehead atoms. The summed E-state index contributed by atoms with van der Waals surface area (Å²) in [7, 11) is 0. The largest absolute Gasteiger partial charge is 0.548 e. The number of amides is 1. The molecule has 0 saturated carbocycles. The second-order valence-corrected chi connectivity index (χ2v) is 3.19. The van der Waals surface area contributed by atoms with Gasteiger partial charge in [-0.05, 0) is 11.6 Å². The van der Waals surface area contributed by atoms with E-state index in [2.05, 4.69) is 0 Å². The van der Waals surface area contributed by atoms with Crippen LogP contribution in [0.15, 0.2) is 24.3 Å². The Hall–Kier alpha value is -1.84. The third-order valence-corrected chi connectivity index (χ3v) is 2.22. The van der Waals surface area contributed by atoms with E-state index in [9.17, 15) is 14.7 Å². The molecule has 14 heavy (non-hydrogen) atoms. The number of hydrogen-bond acceptors (Lipinski definition) is 3. The first-order valence-electron chi connectivity index (χ1n) is 4.25. The molecule has 0 aliphatic carbocycles. The van der Waals surface area contributed by atoms with Crippen LogP contribution < -0.4 is 5.11 Å². The number of hydrogen-bond donors (Lipinski definition) is 0. The number of carboxylic acid groups (broad SMARTS) is 1. The molecular formula is C10H8NO3-. The molecule has 4 heteroatoms. The van der Waals surface area contributed by atoms with Gasteiger partial charge in [0.1, 0.15) is 0 Å². The normalized spacial score (nSPS) is 14.3. The Labute approximate surface area is 80.8 Å². The lowest BCUT2D eigenvalue weighted by Crippen LogP contribution is -2.38. The van der Waals surface area contributed by atoms with Gasteiger partial charge in [0.2, 0.25) is 0 Å². The highest BCUT2D eigenvalue weighted by atomic mass is 16.4. The van der Waals surface area contributed by atoms with Crippen LogP contribution in [-0.4, -0.2) is 23.3 Å². The van der Waals surface area contributed by atoms with Crippen molar-refractivity contribution < 1.29 is 14.7 Å². The number of aliphatic carboxylic acids is 1. The van der Waals surface area contributed by atoms with Gasteiger partial charge in [-0.3, -0.25) is 4.79 Å².